The van der Waals surface area contributed by atoms with Gasteiger partial charge in [0.15, 0.2) is 0 Å². The van der Waals surface area contributed by atoms with E-state index in [0.29, 0.717) is 5.56 Å². The summed E-state index contributed by atoms with van der Waals surface area (Å²) in [6.45, 7) is 0. The van der Waals surface area contributed by atoms with E-state index in [1.807, 2.05) is 6.07 Å². The molecule has 0 aromatic heterocycles. The van der Waals surface area contributed by atoms with Gasteiger partial charge in [-0.3, -0.25) is 0 Å². The summed E-state index contributed by atoms with van der Waals surface area (Å²) in [6.07, 6.45) is 0. The summed E-state index contributed by atoms with van der Waals surface area (Å²) in [5.74, 6) is -0.367. The lowest BCUT2D eigenvalue weighted by molar-refractivity contribution is 0.448. The number of halogens is 1. The third-order valence-corrected chi connectivity index (χ3v) is 0.954. The molecule has 0 heterocycles. The number of hydrogen-bond acceptors (Lipinski definition) is 3. The molecule has 0 fully saturated rings. The second-order valence-electron chi connectivity index (χ2n) is 1.76. The molecule has 0 atom stereocenters. The van der Waals surface area contributed by atoms with Gasteiger partial charge in [-0.15, -0.1) is 0 Å². The molecule has 5 heteroatoms. The molecule has 62 valence electrons. The van der Waals surface area contributed by atoms with Crippen LogP contribution >= 0.6 is 0 Å². The molecule has 0 radical (unpaired) electrons. The Morgan fingerprint density at radius 2 is 2.00 bits per heavy atom. The summed E-state index contributed by atoms with van der Waals surface area (Å²) in [7, 11) is -0.750. The van der Waals surface area contributed by atoms with Gasteiger partial charge in [-0.25, -0.2) is 4.39 Å². The Labute approximate surface area is 70.0 Å². The Kier molecular flexibility index (Phi) is 5.62. The Morgan fingerprint density at radius 3 is 2.33 bits per heavy atom. The Bertz CT molecular complexity index is 274. The Balaban J connectivity index is 0.000000354. The van der Waals surface area contributed by atoms with Crippen LogP contribution in [0.4, 0.5) is 4.39 Å². The molecule has 1 rings (SSSR count). The van der Waals surface area contributed by atoms with E-state index in [4.69, 9.17) is 15.3 Å². The van der Waals surface area contributed by atoms with E-state index in [2.05, 4.69) is 0 Å². The number of hydrogen-bond donors (Lipinski definition) is 2. The van der Waals surface area contributed by atoms with Crippen molar-refractivity contribution in [2.24, 2.45) is 0 Å². The summed E-state index contributed by atoms with van der Waals surface area (Å²) in [5, 5.41) is 22.5. The minimum absolute atomic E-state index is 0.356. The van der Waals surface area contributed by atoms with Crippen LogP contribution < -0.4 is 0 Å². The molecule has 3 nitrogen and oxygen atoms in total. The fraction of sp³-hybridized carbons (Fsp3) is 0. The highest BCUT2D eigenvalue weighted by atomic mass is 19.1. The first-order chi connectivity index (χ1) is 5.74. The zero-order valence-electron chi connectivity index (χ0n) is 6.24. The van der Waals surface area contributed by atoms with Crippen molar-refractivity contribution in [3.63, 3.8) is 0 Å². The molecule has 0 unspecified atom stereocenters. The topological polar surface area (TPSA) is 64.2 Å². The maximum atomic E-state index is 12.2. The predicted octanol–water partition coefficient (Wildman–Crippen LogP) is -0.0651. The van der Waals surface area contributed by atoms with Crippen molar-refractivity contribution < 1.29 is 14.4 Å². The largest absolute Gasteiger partial charge is 0.432 e. The minimum atomic E-state index is -0.750. The van der Waals surface area contributed by atoms with Crippen LogP contribution in [0.1, 0.15) is 5.56 Å². The molecule has 0 spiro atoms. The quantitative estimate of drug-likeness (QED) is 0.531. The summed E-state index contributed by atoms with van der Waals surface area (Å²) in [6, 6.07) is 7.40. The first-order valence-electron chi connectivity index (χ1n) is 3.12. The summed E-state index contributed by atoms with van der Waals surface area (Å²) in [4.78, 5) is 0. The van der Waals surface area contributed by atoms with Crippen LogP contribution in [0.3, 0.4) is 0 Å². The van der Waals surface area contributed by atoms with E-state index in [0.717, 1.165) is 0 Å². The van der Waals surface area contributed by atoms with Crippen molar-refractivity contribution in [2.45, 2.75) is 0 Å². The van der Waals surface area contributed by atoms with E-state index < -0.39 is 7.69 Å². The van der Waals surface area contributed by atoms with Crippen LogP contribution in [0.25, 0.3) is 0 Å². The summed E-state index contributed by atoms with van der Waals surface area (Å²) < 4.78 is 12.2. The average Bonchev–Trinajstić information content (AvgIpc) is 2.06. The lowest BCUT2D eigenvalue weighted by Crippen LogP contribution is -1.75. The van der Waals surface area contributed by atoms with E-state index in [1.54, 1.807) is 6.07 Å². The number of rotatable bonds is 0. The minimum Gasteiger partial charge on any atom is -0.430 e. The van der Waals surface area contributed by atoms with E-state index in [9.17, 15) is 4.39 Å². The van der Waals surface area contributed by atoms with Gasteiger partial charge in [0.2, 0.25) is 0 Å². The maximum absolute atomic E-state index is 12.2. The van der Waals surface area contributed by atoms with Crippen molar-refractivity contribution in [1.29, 1.82) is 5.26 Å². The van der Waals surface area contributed by atoms with Crippen molar-refractivity contribution in [3.8, 4) is 6.07 Å². The van der Waals surface area contributed by atoms with Crippen molar-refractivity contribution in [1.82, 2.24) is 0 Å². The molecule has 0 saturated heterocycles. The third-order valence-electron chi connectivity index (χ3n) is 0.954. The second-order valence-corrected chi connectivity index (χ2v) is 1.76. The number of nitriles is 1. The molecule has 12 heavy (non-hydrogen) atoms. The van der Waals surface area contributed by atoms with Crippen LogP contribution in [-0.4, -0.2) is 17.7 Å². The normalized spacial score (nSPS) is 7.50. The molecule has 1 aromatic carbocycles. The van der Waals surface area contributed by atoms with Crippen LogP contribution in [0.5, 0.6) is 0 Å². The van der Waals surface area contributed by atoms with Crippen molar-refractivity contribution in [2.75, 3.05) is 0 Å². The molecule has 2 N–H and O–H groups in total. The zero-order valence-corrected chi connectivity index (χ0v) is 6.24. The molecular weight excluding hydrogens is 160 g/mol. The smallest absolute Gasteiger partial charge is 0.430 e. The standard InChI is InChI=1S/C7H4FN.BH3O2/c8-7-3-1-2-6(4-7)5-9;2-1-3/h1-4H;1-3H. The predicted molar refractivity (Wildman–Crippen MR) is 42.7 cm³/mol. The highest BCUT2D eigenvalue weighted by Gasteiger charge is 1.89. The van der Waals surface area contributed by atoms with Crippen LogP contribution in [0, 0.1) is 17.1 Å². The lowest BCUT2D eigenvalue weighted by atomic mass is 10.2. The second kappa shape index (κ2) is 6.34. The van der Waals surface area contributed by atoms with Gasteiger partial charge in [0, 0.05) is 0 Å². The van der Waals surface area contributed by atoms with Gasteiger partial charge in [-0.05, 0) is 18.2 Å². The molecule has 0 amide bonds. The van der Waals surface area contributed by atoms with Gasteiger partial charge in [-0.2, -0.15) is 5.26 Å². The highest BCUT2D eigenvalue weighted by Crippen LogP contribution is 2.00. The highest BCUT2D eigenvalue weighted by molar-refractivity contribution is 6.13. The van der Waals surface area contributed by atoms with Gasteiger partial charge in [-0.1, -0.05) is 6.07 Å². The van der Waals surface area contributed by atoms with E-state index in [1.165, 1.54) is 18.2 Å². The average molecular weight is 167 g/mol. The van der Waals surface area contributed by atoms with E-state index >= 15 is 0 Å². The van der Waals surface area contributed by atoms with Gasteiger partial charge in [0.25, 0.3) is 0 Å². The first-order valence-corrected chi connectivity index (χ1v) is 3.12. The van der Waals surface area contributed by atoms with Gasteiger partial charge >= 0.3 is 7.69 Å². The lowest BCUT2D eigenvalue weighted by Gasteiger charge is -1.85. The van der Waals surface area contributed by atoms with Crippen LogP contribution in [0.2, 0.25) is 0 Å². The Hall–Kier alpha value is -1.38. The van der Waals surface area contributed by atoms with Gasteiger partial charge < -0.3 is 10.0 Å². The third kappa shape index (κ3) is 4.44. The molecule has 0 saturated carbocycles. The van der Waals surface area contributed by atoms with Gasteiger partial charge in [0.05, 0.1) is 11.6 Å². The summed E-state index contributed by atoms with van der Waals surface area (Å²) in [5.41, 5.74) is 0.356. The van der Waals surface area contributed by atoms with Gasteiger partial charge in [0.1, 0.15) is 5.82 Å². The SMILES string of the molecule is N#Cc1cccc(F)c1.OBO. The fourth-order valence-corrected chi connectivity index (χ4v) is 0.558. The molecule has 0 bridgehead atoms. The molecule has 0 aliphatic heterocycles. The van der Waals surface area contributed by atoms with E-state index in [-0.39, 0.29) is 5.82 Å². The van der Waals surface area contributed by atoms with Crippen LogP contribution in [-0.2, 0) is 0 Å². The first kappa shape index (κ1) is 10.6. The zero-order chi connectivity index (χ0) is 9.40. The molecular formula is C7H7BFNO2. The summed E-state index contributed by atoms with van der Waals surface area (Å²) >= 11 is 0. The molecule has 0 aliphatic carbocycles. The number of benzene rings is 1. The van der Waals surface area contributed by atoms with Crippen molar-refractivity contribution >= 4 is 7.69 Å². The molecule has 0 aliphatic rings. The fourth-order valence-electron chi connectivity index (χ4n) is 0.558. The van der Waals surface area contributed by atoms with Crippen LogP contribution in [0.15, 0.2) is 24.3 Å². The molecule has 1 aromatic rings. The Morgan fingerprint density at radius 1 is 1.42 bits per heavy atom. The van der Waals surface area contributed by atoms with Crippen molar-refractivity contribution in [3.05, 3.63) is 35.6 Å². The monoisotopic (exact) mass is 167 g/mol. The number of nitrogens with zero attached hydrogens (tertiary/aromatic N) is 1. The maximum Gasteiger partial charge on any atom is 0.432 e.